The van der Waals surface area contributed by atoms with Crippen LogP contribution in [0.2, 0.25) is 0 Å². The van der Waals surface area contributed by atoms with Crippen LogP contribution in [0.25, 0.3) is 0 Å². The van der Waals surface area contributed by atoms with Gasteiger partial charge in [-0.25, -0.2) is 0 Å². The molecule has 24 heteroatoms. The van der Waals surface area contributed by atoms with E-state index < -0.39 is 155 Å². The van der Waals surface area contributed by atoms with E-state index in [1.54, 1.807) is 47.6 Å². The summed E-state index contributed by atoms with van der Waals surface area (Å²) in [6, 6.07) is -13.7. The Balaban J connectivity index is 3.12. The smallest absolute Gasteiger partial charge is 0.246 e. The Kier molecular flexibility index (Phi) is 32.7. The highest BCUT2D eigenvalue weighted by molar-refractivity contribution is 6.00. The lowest BCUT2D eigenvalue weighted by molar-refractivity contribution is -0.157. The van der Waals surface area contributed by atoms with Crippen molar-refractivity contribution in [3.8, 4) is 0 Å². The highest BCUT2D eigenvalue weighted by Gasteiger charge is 2.49. The summed E-state index contributed by atoms with van der Waals surface area (Å²) in [4.78, 5) is 175. The average Bonchev–Trinajstić information content (AvgIpc) is 1.78. The summed E-state index contributed by atoms with van der Waals surface area (Å²) < 4.78 is 0. The fourth-order valence-electron chi connectivity index (χ4n) is 12.6. The van der Waals surface area contributed by atoms with Gasteiger partial charge in [0.25, 0.3) is 0 Å². The summed E-state index contributed by atoms with van der Waals surface area (Å²) in [5.74, 6) is -9.63. The number of aliphatic hydroxyl groups excluding tert-OH is 1. The number of nitrogens with one attached hydrogen (secondary N) is 4. The zero-order valence-electron chi connectivity index (χ0n) is 61.7. The van der Waals surface area contributed by atoms with Gasteiger partial charge in [0.1, 0.15) is 66.5 Å². The first-order valence-corrected chi connectivity index (χ1v) is 34.0. The first-order valence-electron chi connectivity index (χ1n) is 34.0. The van der Waals surface area contributed by atoms with Crippen molar-refractivity contribution in [3.63, 3.8) is 0 Å². The van der Waals surface area contributed by atoms with Crippen molar-refractivity contribution >= 4 is 65.0 Å². The van der Waals surface area contributed by atoms with Crippen LogP contribution in [0.15, 0.2) is 12.2 Å². The highest BCUT2D eigenvalue weighted by atomic mass is 16.3. The van der Waals surface area contributed by atoms with Crippen LogP contribution in [-0.2, 0) is 52.7 Å². The maximum absolute atomic E-state index is 15.4. The molecule has 2 rings (SSSR count). The SMILES string of the molecule is C/C=C/C[C@@H](C)[C@@H](O)C1C(=O)N[C@@H](CC)C(=O)N(C)[C@H](CCC2(N(C)C)CC2)C(=O)N(C)[C@@H](CC(C)C)C(=O)NC(C(C)C)C(=O)N(C)[C@@H](CC(C)C)C(=O)N[C@@H](C)C(=O)N[C@H](C)C(=O)N(C)[C@@H](CC(C)C)C(=O)N(C)[C@@H](CC(C)C)C(=O)N(C)C(C(C)C)C(=O)N1C. The number of aliphatic hydroxyl groups is 1. The van der Waals surface area contributed by atoms with E-state index in [4.69, 9.17) is 0 Å². The zero-order chi connectivity index (χ0) is 71.8. The number of allylic oxidation sites excluding steroid dienone is 2. The average molecular weight is 1310 g/mol. The Morgan fingerprint density at radius 2 is 0.871 bits per heavy atom. The van der Waals surface area contributed by atoms with Crippen LogP contribution in [0.5, 0.6) is 0 Å². The van der Waals surface area contributed by atoms with Crippen molar-refractivity contribution < 1.29 is 57.8 Å². The Hall–Kier alpha value is -6.17. The number of hydrogen-bond donors (Lipinski definition) is 5. The van der Waals surface area contributed by atoms with Gasteiger partial charge in [0.05, 0.1) is 6.10 Å². The summed E-state index contributed by atoms with van der Waals surface area (Å²) in [6.45, 7) is 30.1. The molecule has 0 radical (unpaired) electrons. The Labute approximate surface area is 558 Å². The lowest BCUT2D eigenvalue weighted by Crippen LogP contribution is -2.64. The Morgan fingerprint density at radius 3 is 1.30 bits per heavy atom. The molecule has 2 aliphatic rings. The number of amides is 11. The molecule has 13 atom stereocenters. The van der Waals surface area contributed by atoms with E-state index in [1.807, 2.05) is 82.5 Å². The summed E-state index contributed by atoms with van der Waals surface area (Å²) in [7, 11) is 14.1. The summed E-state index contributed by atoms with van der Waals surface area (Å²) in [5, 5.41) is 23.6. The molecular formula is C69H124N12O12. The molecule has 0 aromatic rings. The van der Waals surface area contributed by atoms with Crippen LogP contribution < -0.4 is 21.3 Å². The summed E-state index contributed by atoms with van der Waals surface area (Å²) in [6.07, 6.45) is 5.40. The number of nitrogens with zero attached hydrogens (tertiary/aromatic N) is 8. The largest absolute Gasteiger partial charge is 0.390 e. The predicted molar refractivity (Wildman–Crippen MR) is 362 cm³/mol. The van der Waals surface area contributed by atoms with Gasteiger partial charge >= 0.3 is 0 Å². The molecule has 1 saturated heterocycles. The molecule has 1 saturated carbocycles. The number of hydrogen-bond acceptors (Lipinski definition) is 13. The third-order valence-electron chi connectivity index (χ3n) is 19.0. The summed E-state index contributed by atoms with van der Waals surface area (Å²) in [5.41, 5.74) is -0.251. The van der Waals surface area contributed by atoms with Crippen molar-refractivity contribution in [1.29, 1.82) is 0 Å². The van der Waals surface area contributed by atoms with Gasteiger partial charge in [0, 0.05) is 54.9 Å². The first-order chi connectivity index (χ1) is 43.0. The third kappa shape index (κ3) is 22.2. The summed E-state index contributed by atoms with van der Waals surface area (Å²) >= 11 is 0. The Bertz CT molecular complexity index is 2590. The fraction of sp³-hybridized carbons (Fsp3) is 0.812. The number of carbonyl (C=O) groups excluding carboxylic acids is 11. The second-order valence-corrected chi connectivity index (χ2v) is 29.5. The topological polar surface area (TPSA) is 282 Å². The lowest BCUT2D eigenvalue weighted by Gasteiger charge is -2.41. The standard InChI is InChI=1S/C69H124N12O12/c1-27-29-30-45(15)57(82)56-61(86)72-48(28-2)63(88)75(20)49(31-32-69(33-34-69)74(18)19)64(89)76(21)51(36-40(5)6)60(85)73-54(43(11)12)67(92)77(22)50(35-39(3)4)59(84)70-46(16)58(83)71-47(17)62(87)78(23)52(37-41(7)8)65(90)79(24)53(38-42(9)10)66(91)80(25)55(44(13)14)68(93)81(56)26/h27,29,39-57,82H,28,30-38H2,1-26H3,(H,70,84)(H,71,83)(H,72,86)(H,73,85)/b29-27+/t45-,46+,47-,48+,49-,50+,51+,52+,53+,54?,55?,56?,57-/m1/s1. The molecule has 1 aliphatic heterocycles. The van der Waals surface area contributed by atoms with Gasteiger partial charge in [-0.1, -0.05) is 109 Å². The second kappa shape index (κ2) is 36.6. The molecule has 2 fully saturated rings. The molecule has 11 amide bonds. The van der Waals surface area contributed by atoms with Crippen molar-refractivity contribution in [2.24, 2.45) is 41.4 Å². The minimum atomic E-state index is -1.63. The number of rotatable bonds is 19. The van der Waals surface area contributed by atoms with Crippen LogP contribution in [0, 0.1) is 41.4 Å². The van der Waals surface area contributed by atoms with E-state index in [0.717, 1.165) is 17.7 Å². The van der Waals surface area contributed by atoms with Crippen LogP contribution >= 0.6 is 0 Å². The van der Waals surface area contributed by atoms with E-state index in [1.165, 1.54) is 92.6 Å². The minimum Gasteiger partial charge on any atom is -0.390 e. The van der Waals surface area contributed by atoms with Gasteiger partial charge in [-0.15, -0.1) is 0 Å². The van der Waals surface area contributed by atoms with Gasteiger partial charge in [-0.05, 0) is 141 Å². The zero-order valence-corrected chi connectivity index (χ0v) is 61.7. The molecule has 0 bridgehead atoms. The van der Waals surface area contributed by atoms with E-state index in [-0.39, 0.29) is 67.7 Å². The third-order valence-corrected chi connectivity index (χ3v) is 19.0. The van der Waals surface area contributed by atoms with Crippen molar-refractivity contribution in [2.75, 3.05) is 63.4 Å². The molecule has 3 unspecified atom stereocenters. The highest BCUT2D eigenvalue weighted by Crippen LogP contribution is 2.44. The van der Waals surface area contributed by atoms with Crippen LogP contribution in [0.4, 0.5) is 0 Å². The van der Waals surface area contributed by atoms with E-state index in [2.05, 4.69) is 26.2 Å². The second-order valence-electron chi connectivity index (χ2n) is 29.5. The fourth-order valence-corrected chi connectivity index (χ4v) is 12.6. The van der Waals surface area contributed by atoms with Gasteiger partial charge in [-0.2, -0.15) is 0 Å². The van der Waals surface area contributed by atoms with Crippen molar-refractivity contribution in [1.82, 2.24) is 60.5 Å². The maximum atomic E-state index is 15.4. The molecule has 1 aliphatic carbocycles. The molecule has 0 spiro atoms. The molecule has 93 heavy (non-hydrogen) atoms. The van der Waals surface area contributed by atoms with Gasteiger partial charge < -0.3 is 65.6 Å². The number of carbonyl (C=O) groups is 11. The van der Waals surface area contributed by atoms with E-state index in [9.17, 15) is 29.1 Å². The Morgan fingerprint density at radius 1 is 0.473 bits per heavy atom. The normalized spacial score (nSPS) is 27.7. The first kappa shape index (κ1) is 82.9. The predicted octanol–water partition coefficient (Wildman–Crippen LogP) is 4.51. The quantitative estimate of drug-likeness (QED) is 0.112. The lowest BCUT2D eigenvalue weighted by atomic mass is 9.91. The van der Waals surface area contributed by atoms with Gasteiger partial charge in [0.15, 0.2) is 0 Å². The molecule has 0 aromatic carbocycles. The van der Waals surface area contributed by atoms with Crippen molar-refractivity contribution in [3.05, 3.63) is 12.2 Å². The molecule has 1 heterocycles. The molecule has 5 N–H and O–H groups in total. The van der Waals surface area contributed by atoms with Crippen LogP contribution in [-0.4, -0.2) is 251 Å². The number of likely N-dealkylation sites (N-methyl/N-ethyl adjacent to an activating group) is 7. The monoisotopic (exact) mass is 1310 g/mol. The van der Waals surface area contributed by atoms with Crippen molar-refractivity contribution in [2.45, 2.75) is 260 Å². The molecule has 24 nitrogen and oxygen atoms in total. The molecule has 532 valence electrons. The maximum Gasteiger partial charge on any atom is 0.246 e. The van der Waals surface area contributed by atoms with E-state index >= 15 is 28.8 Å². The van der Waals surface area contributed by atoms with Gasteiger partial charge in [0.2, 0.25) is 65.0 Å². The van der Waals surface area contributed by atoms with E-state index in [0.29, 0.717) is 12.8 Å². The van der Waals surface area contributed by atoms with Gasteiger partial charge in [-0.3, -0.25) is 52.7 Å². The van der Waals surface area contributed by atoms with Crippen LogP contribution in [0.1, 0.15) is 182 Å². The van der Waals surface area contributed by atoms with Crippen LogP contribution in [0.3, 0.4) is 0 Å². The molecular weight excluding hydrogens is 1190 g/mol. The minimum absolute atomic E-state index is 0.0173. The molecule has 0 aromatic heterocycles.